The Morgan fingerprint density at radius 1 is 1.35 bits per heavy atom. The molecule has 2 aliphatic rings. The Morgan fingerprint density at radius 2 is 2.26 bits per heavy atom. The van der Waals surface area contributed by atoms with Crippen LogP contribution in [-0.2, 0) is 6.42 Å². The molecule has 1 saturated heterocycles. The van der Waals surface area contributed by atoms with Gasteiger partial charge in [-0.05, 0) is 43.0 Å². The van der Waals surface area contributed by atoms with E-state index < -0.39 is 0 Å². The summed E-state index contributed by atoms with van der Waals surface area (Å²) >= 11 is 0. The van der Waals surface area contributed by atoms with E-state index in [2.05, 4.69) is 40.0 Å². The first kappa shape index (κ1) is 14.5. The highest BCUT2D eigenvalue weighted by molar-refractivity contribution is 5.92. The topological polar surface area (TPSA) is 59.0 Å². The van der Waals surface area contributed by atoms with Crippen LogP contribution in [0.5, 0.6) is 0 Å². The third-order valence-electron chi connectivity index (χ3n) is 4.96. The summed E-state index contributed by atoms with van der Waals surface area (Å²) in [6.07, 6.45) is 5.26. The number of nitrogens with zero attached hydrogens (tertiary/aromatic N) is 2. The Hall–Kier alpha value is -2.14. The van der Waals surface area contributed by atoms with E-state index in [-0.39, 0.29) is 5.91 Å². The van der Waals surface area contributed by atoms with Gasteiger partial charge in [-0.15, -0.1) is 0 Å². The van der Waals surface area contributed by atoms with Gasteiger partial charge in [0.1, 0.15) is 5.69 Å². The van der Waals surface area contributed by atoms with Crippen LogP contribution in [0, 0.1) is 0 Å². The van der Waals surface area contributed by atoms with E-state index >= 15 is 0 Å². The fourth-order valence-corrected chi connectivity index (χ4v) is 3.57. The molecule has 2 N–H and O–H groups in total. The minimum Gasteiger partial charge on any atom is -0.350 e. The maximum absolute atomic E-state index is 12.3. The SMILES string of the molecule is O=C(NCC1Cc2ccccc21)c1ccn(C2CCCNC2)n1. The van der Waals surface area contributed by atoms with Crippen LogP contribution in [-0.4, -0.2) is 35.3 Å². The lowest BCUT2D eigenvalue weighted by atomic mass is 9.77. The van der Waals surface area contributed by atoms with E-state index in [1.54, 1.807) is 0 Å². The predicted molar refractivity (Wildman–Crippen MR) is 88.6 cm³/mol. The number of fused-ring (bicyclic) bond motifs is 1. The molecule has 5 nitrogen and oxygen atoms in total. The van der Waals surface area contributed by atoms with Crippen LogP contribution in [0.25, 0.3) is 0 Å². The van der Waals surface area contributed by atoms with E-state index in [1.807, 2.05) is 16.9 Å². The van der Waals surface area contributed by atoms with Crippen molar-refractivity contribution in [2.24, 2.45) is 0 Å². The highest BCUT2D eigenvalue weighted by atomic mass is 16.1. The molecule has 2 aromatic rings. The van der Waals surface area contributed by atoms with Crippen LogP contribution in [0.4, 0.5) is 0 Å². The number of nitrogens with one attached hydrogen (secondary N) is 2. The molecule has 4 rings (SSSR count). The minimum atomic E-state index is -0.0723. The van der Waals surface area contributed by atoms with Gasteiger partial charge in [0.05, 0.1) is 6.04 Å². The van der Waals surface area contributed by atoms with Crippen LogP contribution in [0.2, 0.25) is 0 Å². The van der Waals surface area contributed by atoms with E-state index in [9.17, 15) is 4.79 Å². The van der Waals surface area contributed by atoms with Gasteiger partial charge in [-0.3, -0.25) is 9.48 Å². The summed E-state index contributed by atoms with van der Waals surface area (Å²) in [5.41, 5.74) is 3.29. The monoisotopic (exact) mass is 310 g/mol. The summed E-state index contributed by atoms with van der Waals surface area (Å²) in [7, 11) is 0. The Kier molecular flexibility index (Phi) is 3.87. The average molecular weight is 310 g/mol. The van der Waals surface area contributed by atoms with Crippen LogP contribution >= 0.6 is 0 Å². The number of benzene rings is 1. The van der Waals surface area contributed by atoms with Gasteiger partial charge in [0.2, 0.25) is 0 Å². The number of hydrogen-bond acceptors (Lipinski definition) is 3. The van der Waals surface area contributed by atoms with Crippen molar-refractivity contribution in [2.75, 3.05) is 19.6 Å². The molecule has 2 atom stereocenters. The number of piperidine rings is 1. The summed E-state index contributed by atoms with van der Waals surface area (Å²) in [6.45, 7) is 2.70. The van der Waals surface area contributed by atoms with Gasteiger partial charge < -0.3 is 10.6 Å². The standard InChI is InChI=1S/C18H22N4O/c23-18(20-11-14-10-13-4-1-2-6-16(13)14)17-7-9-22(21-17)15-5-3-8-19-12-15/h1-2,4,6-7,9,14-15,19H,3,5,8,10-12H2,(H,20,23). The van der Waals surface area contributed by atoms with Gasteiger partial charge in [-0.25, -0.2) is 0 Å². The lowest BCUT2D eigenvalue weighted by molar-refractivity contribution is 0.0943. The number of aromatic nitrogens is 2. The molecule has 2 unspecified atom stereocenters. The van der Waals surface area contributed by atoms with E-state index in [0.29, 0.717) is 24.2 Å². The Morgan fingerprint density at radius 3 is 3.09 bits per heavy atom. The van der Waals surface area contributed by atoms with Gasteiger partial charge in [0.15, 0.2) is 0 Å². The van der Waals surface area contributed by atoms with Gasteiger partial charge >= 0.3 is 0 Å². The molecule has 1 aliphatic heterocycles. The summed E-state index contributed by atoms with van der Waals surface area (Å²) < 4.78 is 1.93. The van der Waals surface area contributed by atoms with Gasteiger partial charge in [0.25, 0.3) is 5.91 Å². The molecule has 1 amide bonds. The largest absolute Gasteiger partial charge is 0.350 e. The van der Waals surface area contributed by atoms with E-state index in [1.165, 1.54) is 11.1 Å². The van der Waals surface area contributed by atoms with Crippen LogP contribution in [0.1, 0.15) is 46.4 Å². The zero-order chi connectivity index (χ0) is 15.6. The quantitative estimate of drug-likeness (QED) is 0.906. The molecule has 1 aromatic heterocycles. The van der Waals surface area contributed by atoms with Crippen molar-refractivity contribution in [2.45, 2.75) is 31.2 Å². The molecule has 1 fully saturated rings. The molecule has 0 spiro atoms. The molecule has 2 heterocycles. The summed E-state index contributed by atoms with van der Waals surface area (Å²) in [5.74, 6) is 0.372. The second-order valence-electron chi connectivity index (χ2n) is 6.49. The van der Waals surface area contributed by atoms with Crippen molar-refractivity contribution in [1.29, 1.82) is 0 Å². The second-order valence-corrected chi connectivity index (χ2v) is 6.49. The van der Waals surface area contributed by atoms with Crippen LogP contribution in [0.3, 0.4) is 0 Å². The van der Waals surface area contributed by atoms with Crippen molar-refractivity contribution in [1.82, 2.24) is 20.4 Å². The highest BCUT2D eigenvalue weighted by Gasteiger charge is 2.26. The van der Waals surface area contributed by atoms with E-state index in [4.69, 9.17) is 0 Å². The van der Waals surface area contributed by atoms with Crippen molar-refractivity contribution < 1.29 is 4.79 Å². The van der Waals surface area contributed by atoms with Gasteiger partial charge in [0, 0.05) is 25.2 Å². The lowest BCUT2D eigenvalue weighted by Gasteiger charge is -2.30. The summed E-state index contributed by atoms with van der Waals surface area (Å²) in [6, 6.07) is 10.6. The number of carbonyl (C=O) groups is 1. The number of rotatable bonds is 4. The van der Waals surface area contributed by atoms with Gasteiger partial charge in [-0.2, -0.15) is 5.10 Å². The van der Waals surface area contributed by atoms with Crippen molar-refractivity contribution >= 4 is 5.91 Å². The molecule has 5 heteroatoms. The second kappa shape index (κ2) is 6.16. The maximum atomic E-state index is 12.3. The highest BCUT2D eigenvalue weighted by Crippen LogP contribution is 2.34. The minimum absolute atomic E-state index is 0.0723. The lowest BCUT2D eigenvalue weighted by Crippen LogP contribution is -2.34. The molecule has 1 aromatic carbocycles. The first-order chi connectivity index (χ1) is 11.3. The Balaban J connectivity index is 1.34. The van der Waals surface area contributed by atoms with Crippen LogP contribution in [0.15, 0.2) is 36.5 Å². The number of carbonyl (C=O) groups excluding carboxylic acids is 1. The fourth-order valence-electron chi connectivity index (χ4n) is 3.57. The summed E-state index contributed by atoms with van der Waals surface area (Å²) in [4.78, 5) is 12.3. The van der Waals surface area contributed by atoms with Crippen molar-refractivity contribution in [3.8, 4) is 0 Å². The molecular formula is C18H22N4O. The molecular weight excluding hydrogens is 288 g/mol. The zero-order valence-corrected chi connectivity index (χ0v) is 13.2. The van der Waals surface area contributed by atoms with Crippen molar-refractivity contribution in [3.05, 3.63) is 53.3 Å². The predicted octanol–water partition coefficient (Wildman–Crippen LogP) is 1.88. The maximum Gasteiger partial charge on any atom is 0.271 e. The first-order valence-electron chi connectivity index (χ1n) is 8.43. The van der Waals surface area contributed by atoms with E-state index in [0.717, 1.165) is 32.4 Å². The van der Waals surface area contributed by atoms with Crippen molar-refractivity contribution in [3.63, 3.8) is 0 Å². The van der Waals surface area contributed by atoms with Crippen LogP contribution < -0.4 is 10.6 Å². The number of hydrogen-bond donors (Lipinski definition) is 2. The summed E-state index contributed by atoms with van der Waals surface area (Å²) in [5, 5.41) is 10.9. The molecule has 23 heavy (non-hydrogen) atoms. The number of amides is 1. The smallest absolute Gasteiger partial charge is 0.271 e. The molecule has 0 saturated carbocycles. The zero-order valence-electron chi connectivity index (χ0n) is 13.2. The van der Waals surface area contributed by atoms with Gasteiger partial charge in [-0.1, -0.05) is 24.3 Å². The molecule has 0 bridgehead atoms. The first-order valence-corrected chi connectivity index (χ1v) is 8.43. The normalized spacial score (nSPS) is 23.0. The molecule has 0 radical (unpaired) electrons. The third-order valence-corrected chi connectivity index (χ3v) is 4.96. The Bertz CT molecular complexity index is 703. The molecule has 120 valence electrons. The average Bonchev–Trinajstić information content (AvgIpc) is 3.06. The fraction of sp³-hybridized carbons (Fsp3) is 0.444. The molecule has 1 aliphatic carbocycles. The third kappa shape index (κ3) is 2.88. The Labute approximate surface area is 136 Å².